The summed E-state index contributed by atoms with van der Waals surface area (Å²) in [5.74, 6) is 0.452. The summed E-state index contributed by atoms with van der Waals surface area (Å²) in [6.07, 6.45) is -0.0268. The maximum atomic E-state index is 12.5. The minimum Gasteiger partial charge on any atom is -0.493 e. The summed E-state index contributed by atoms with van der Waals surface area (Å²) in [5.41, 5.74) is 0. The molecule has 0 spiro atoms. The number of piperazine rings is 1. The summed E-state index contributed by atoms with van der Waals surface area (Å²) in [6, 6.07) is 4.52. The first-order valence-corrected chi connectivity index (χ1v) is 9.49. The van der Waals surface area contributed by atoms with Gasteiger partial charge in [-0.15, -0.1) is 0 Å². The fourth-order valence-corrected chi connectivity index (χ4v) is 3.95. The van der Waals surface area contributed by atoms with Gasteiger partial charge in [0.25, 0.3) is 0 Å². The van der Waals surface area contributed by atoms with Crippen molar-refractivity contribution in [3.05, 3.63) is 18.2 Å². The van der Waals surface area contributed by atoms with E-state index < -0.39 is 9.84 Å². The van der Waals surface area contributed by atoms with Gasteiger partial charge >= 0.3 is 0 Å². The molecule has 1 atom stereocenters. The van der Waals surface area contributed by atoms with E-state index in [1.165, 1.54) is 26.4 Å². The maximum absolute atomic E-state index is 12.5. The molecule has 134 valence electrons. The van der Waals surface area contributed by atoms with E-state index in [-0.39, 0.29) is 29.0 Å². The highest BCUT2D eigenvalue weighted by Gasteiger charge is 2.25. The number of ether oxygens (including phenoxy) is 2. The number of carbonyl (C=O) groups is 1. The lowest BCUT2D eigenvalue weighted by atomic mass is 10.2. The molecule has 1 unspecified atom stereocenters. The third-order valence-corrected chi connectivity index (χ3v) is 5.83. The van der Waals surface area contributed by atoms with Crippen molar-refractivity contribution in [2.24, 2.45) is 0 Å². The first kappa shape index (κ1) is 18.5. The SMILES string of the molecule is COc1ccc(S(=O)(=O)CCC(=O)N2CCNCC2C)cc1OC. The Balaban J connectivity index is 2.07. The third-order valence-electron chi connectivity index (χ3n) is 4.12. The Morgan fingerprint density at radius 2 is 2.00 bits per heavy atom. The molecule has 2 rings (SSSR count). The van der Waals surface area contributed by atoms with Crippen molar-refractivity contribution in [2.45, 2.75) is 24.3 Å². The summed E-state index contributed by atoms with van der Waals surface area (Å²) in [4.78, 5) is 14.2. The summed E-state index contributed by atoms with van der Waals surface area (Å²) in [5, 5.41) is 3.20. The van der Waals surface area contributed by atoms with E-state index in [4.69, 9.17) is 9.47 Å². The average Bonchev–Trinajstić information content (AvgIpc) is 2.59. The van der Waals surface area contributed by atoms with Gasteiger partial charge in [-0.3, -0.25) is 4.79 Å². The Hall–Kier alpha value is -1.80. The van der Waals surface area contributed by atoms with Crippen LogP contribution in [-0.2, 0) is 14.6 Å². The third kappa shape index (κ3) is 4.18. The van der Waals surface area contributed by atoms with Gasteiger partial charge in [0, 0.05) is 38.2 Å². The zero-order valence-corrected chi connectivity index (χ0v) is 15.1. The predicted molar refractivity (Wildman–Crippen MR) is 90.3 cm³/mol. The van der Waals surface area contributed by atoms with Gasteiger partial charge in [-0.05, 0) is 19.1 Å². The van der Waals surface area contributed by atoms with E-state index in [0.717, 1.165) is 13.1 Å². The minimum atomic E-state index is -3.57. The molecule has 1 aliphatic heterocycles. The van der Waals surface area contributed by atoms with Crippen molar-refractivity contribution >= 4 is 15.7 Å². The number of carbonyl (C=O) groups excluding carboxylic acids is 1. The van der Waals surface area contributed by atoms with Crippen molar-refractivity contribution < 1.29 is 22.7 Å². The molecule has 1 aromatic rings. The lowest BCUT2D eigenvalue weighted by molar-refractivity contribution is -0.133. The standard InChI is InChI=1S/C16H24N2O5S/c1-12-11-17-7-8-18(12)16(19)6-9-24(20,21)13-4-5-14(22-2)15(10-13)23-3/h4-5,10,12,17H,6-9,11H2,1-3H3. The van der Waals surface area contributed by atoms with Gasteiger partial charge < -0.3 is 19.7 Å². The van der Waals surface area contributed by atoms with Crippen LogP contribution in [0.25, 0.3) is 0 Å². The Labute approximate surface area is 142 Å². The number of rotatable bonds is 6. The number of methoxy groups -OCH3 is 2. The molecule has 0 saturated carbocycles. The molecular weight excluding hydrogens is 332 g/mol. The lowest BCUT2D eigenvalue weighted by Crippen LogP contribution is -2.52. The topological polar surface area (TPSA) is 84.9 Å². The van der Waals surface area contributed by atoms with E-state index >= 15 is 0 Å². The summed E-state index contributed by atoms with van der Waals surface area (Å²) in [7, 11) is -0.634. The van der Waals surface area contributed by atoms with Gasteiger partial charge in [0.05, 0.1) is 24.9 Å². The number of nitrogens with one attached hydrogen (secondary N) is 1. The van der Waals surface area contributed by atoms with Crippen LogP contribution in [0, 0.1) is 0 Å². The van der Waals surface area contributed by atoms with E-state index in [2.05, 4.69) is 5.32 Å². The second-order valence-corrected chi connectivity index (χ2v) is 7.84. The Kier molecular flexibility index (Phi) is 6.06. The van der Waals surface area contributed by atoms with Gasteiger partial charge in [0.1, 0.15) is 0 Å². The van der Waals surface area contributed by atoms with Crippen molar-refractivity contribution in [3.63, 3.8) is 0 Å². The Morgan fingerprint density at radius 1 is 1.29 bits per heavy atom. The van der Waals surface area contributed by atoms with Gasteiger partial charge in [0.15, 0.2) is 21.3 Å². The van der Waals surface area contributed by atoms with Crippen molar-refractivity contribution in [1.82, 2.24) is 10.2 Å². The highest BCUT2D eigenvalue weighted by atomic mass is 32.2. The highest BCUT2D eigenvalue weighted by Crippen LogP contribution is 2.30. The summed E-state index contributed by atoms with van der Waals surface area (Å²) >= 11 is 0. The number of amides is 1. The Bertz CT molecular complexity index is 690. The first-order valence-electron chi connectivity index (χ1n) is 7.84. The van der Waals surface area contributed by atoms with Crippen LogP contribution in [0.4, 0.5) is 0 Å². The number of hydrogen-bond acceptors (Lipinski definition) is 6. The molecule has 0 aliphatic carbocycles. The molecule has 1 aliphatic rings. The molecule has 1 N–H and O–H groups in total. The summed E-state index contributed by atoms with van der Waals surface area (Å²) in [6.45, 7) is 4.02. The molecule has 7 nitrogen and oxygen atoms in total. The van der Waals surface area contributed by atoms with Crippen LogP contribution in [-0.4, -0.2) is 64.9 Å². The second kappa shape index (κ2) is 7.85. The predicted octanol–water partition coefficient (Wildman–Crippen LogP) is 0.688. The molecule has 1 saturated heterocycles. The Morgan fingerprint density at radius 3 is 2.62 bits per heavy atom. The van der Waals surface area contributed by atoms with Gasteiger partial charge in [0.2, 0.25) is 5.91 Å². The largest absolute Gasteiger partial charge is 0.493 e. The molecule has 0 radical (unpaired) electrons. The van der Waals surface area contributed by atoms with Crippen molar-refractivity contribution in [1.29, 1.82) is 0 Å². The summed E-state index contributed by atoms with van der Waals surface area (Å²) < 4.78 is 35.2. The fraction of sp³-hybridized carbons (Fsp3) is 0.562. The normalized spacial score (nSPS) is 18.3. The smallest absolute Gasteiger partial charge is 0.223 e. The molecule has 1 heterocycles. The van der Waals surface area contributed by atoms with E-state index in [1.807, 2.05) is 6.92 Å². The molecule has 0 bridgehead atoms. The van der Waals surface area contributed by atoms with Gasteiger partial charge in [-0.2, -0.15) is 0 Å². The number of benzene rings is 1. The van der Waals surface area contributed by atoms with E-state index in [0.29, 0.717) is 18.0 Å². The highest BCUT2D eigenvalue weighted by molar-refractivity contribution is 7.91. The van der Waals surface area contributed by atoms with E-state index in [1.54, 1.807) is 11.0 Å². The molecule has 1 aromatic carbocycles. The number of nitrogens with zero attached hydrogens (tertiary/aromatic N) is 1. The van der Waals surface area contributed by atoms with Crippen molar-refractivity contribution in [3.8, 4) is 11.5 Å². The van der Waals surface area contributed by atoms with Crippen LogP contribution in [0.1, 0.15) is 13.3 Å². The molecule has 8 heteroatoms. The zero-order chi connectivity index (χ0) is 17.7. The monoisotopic (exact) mass is 356 g/mol. The maximum Gasteiger partial charge on any atom is 0.223 e. The zero-order valence-electron chi connectivity index (χ0n) is 14.2. The van der Waals surface area contributed by atoms with Crippen LogP contribution in [0.3, 0.4) is 0 Å². The molecular formula is C16H24N2O5S. The fourth-order valence-electron chi connectivity index (χ4n) is 2.70. The van der Waals surface area contributed by atoms with Crippen molar-refractivity contribution in [2.75, 3.05) is 39.6 Å². The van der Waals surface area contributed by atoms with Gasteiger partial charge in [-0.25, -0.2) is 8.42 Å². The van der Waals surface area contributed by atoms with Crippen LogP contribution >= 0.6 is 0 Å². The number of sulfone groups is 1. The van der Waals surface area contributed by atoms with Crippen LogP contribution in [0.2, 0.25) is 0 Å². The second-order valence-electron chi connectivity index (χ2n) is 5.73. The number of hydrogen-bond donors (Lipinski definition) is 1. The lowest BCUT2D eigenvalue weighted by Gasteiger charge is -2.34. The molecule has 1 amide bonds. The molecule has 1 fully saturated rings. The van der Waals surface area contributed by atoms with Crippen LogP contribution in [0.15, 0.2) is 23.1 Å². The quantitative estimate of drug-likeness (QED) is 0.807. The van der Waals surface area contributed by atoms with E-state index in [9.17, 15) is 13.2 Å². The molecule has 0 aromatic heterocycles. The van der Waals surface area contributed by atoms with Gasteiger partial charge in [-0.1, -0.05) is 0 Å². The average molecular weight is 356 g/mol. The van der Waals surface area contributed by atoms with Crippen LogP contribution < -0.4 is 14.8 Å². The minimum absolute atomic E-state index is 0.0268. The van der Waals surface area contributed by atoms with Crippen LogP contribution in [0.5, 0.6) is 11.5 Å². The first-order chi connectivity index (χ1) is 11.4. The molecule has 24 heavy (non-hydrogen) atoms.